The summed E-state index contributed by atoms with van der Waals surface area (Å²) >= 11 is 12.1. The SMILES string of the molecule is Cc1nnc(C(F)(C2Cc3[nH]c4ccc(Cl)cc4c3C2)S(=O)(=O)c2cccc(Cl)c2)o1. The summed E-state index contributed by atoms with van der Waals surface area (Å²) in [4.78, 5) is 3.01. The quantitative estimate of drug-likeness (QED) is 0.435. The molecule has 5 rings (SSSR count). The smallest absolute Gasteiger partial charge is 0.294 e. The number of sulfone groups is 1. The Balaban J connectivity index is 1.66. The lowest BCUT2D eigenvalue weighted by Gasteiger charge is -2.28. The van der Waals surface area contributed by atoms with Crippen LogP contribution in [0.25, 0.3) is 10.9 Å². The lowest BCUT2D eigenvalue weighted by Crippen LogP contribution is -2.40. The van der Waals surface area contributed by atoms with Crippen LogP contribution in [-0.2, 0) is 27.7 Å². The summed E-state index contributed by atoms with van der Waals surface area (Å²) < 4.78 is 49.4. The number of rotatable bonds is 4. The summed E-state index contributed by atoms with van der Waals surface area (Å²) in [5.41, 5.74) is 2.47. The third-order valence-electron chi connectivity index (χ3n) is 5.70. The summed E-state index contributed by atoms with van der Waals surface area (Å²) in [6, 6.07) is 10.9. The van der Waals surface area contributed by atoms with Gasteiger partial charge in [0, 0.05) is 39.5 Å². The fraction of sp³-hybridized carbons (Fsp3) is 0.238. The van der Waals surface area contributed by atoms with Crippen LogP contribution in [-0.4, -0.2) is 23.6 Å². The minimum Gasteiger partial charge on any atom is -0.421 e. The molecular formula is C21H16Cl2FN3O3S. The zero-order chi connectivity index (χ0) is 22.0. The van der Waals surface area contributed by atoms with Crippen molar-refractivity contribution in [2.75, 3.05) is 0 Å². The number of halogens is 3. The molecule has 0 saturated carbocycles. The fourth-order valence-electron chi connectivity index (χ4n) is 4.26. The lowest BCUT2D eigenvalue weighted by atomic mass is 9.98. The second-order valence-electron chi connectivity index (χ2n) is 7.61. The van der Waals surface area contributed by atoms with E-state index in [0.717, 1.165) is 22.2 Å². The Morgan fingerprint density at radius 2 is 1.90 bits per heavy atom. The number of fused-ring (bicyclic) bond motifs is 3. The molecule has 160 valence electrons. The largest absolute Gasteiger partial charge is 0.421 e. The van der Waals surface area contributed by atoms with Gasteiger partial charge in [-0.25, -0.2) is 12.8 Å². The molecule has 0 radical (unpaired) electrons. The van der Waals surface area contributed by atoms with Crippen LogP contribution in [0.5, 0.6) is 0 Å². The van der Waals surface area contributed by atoms with Crippen molar-refractivity contribution in [3.05, 3.63) is 75.5 Å². The van der Waals surface area contributed by atoms with Gasteiger partial charge < -0.3 is 9.40 Å². The number of hydrogen-bond acceptors (Lipinski definition) is 5. The maximum Gasteiger partial charge on any atom is 0.294 e. The van der Waals surface area contributed by atoms with Gasteiger partial charge in [0.25, 0.3) is 10.9 Å². The van der Waals surface area contributed by atoms with E-state index in [9.17, 15) is 8.42 Å². The molecule has 1 N–H and O–H groups in total. The van der Waals surface area contributed by atoms with E-state index in [1.54, 1.807) is 12.1 Å². The predicted molar refractivity (Wildman–Crippen MR) is 115 cm³/mol. The number of nitrogens with one attached hydrogen (secondary N) is 1. The summed E-state index contributed by atoms with van der Waals surface area (Å²) in [5.74, 6) is -1.49. The molecule has 2 unspecified atom stereocenters. The van der Waals surface area contributed by atoms with Crippen LogP contribution in [0.4, 0.5) is 4.39 Å². The van der Waals surface area contributed by atoms with Crippen molar-refractivity contribution in [2.45, 2.75) is 29.7 Å². The van der Waals surface area contributed by atoms with Gasteiger partial charge in [-0.15, -0.1) is 10.2 Å². The number of H-pyrrole nitrogens is 1. The zero-order valence-electron chi connectivity index (χ0n) is 16.2. The highest BCUT2D eigenvalue weighted by atomic mass is 35.5. The summed E-state index contributed by atoms with van der Waals surface area (Å²) in [6.07, 6.45) is 0.312. The molecule has 31 heavy (non-hydrogen) atoms. The molecule has 1 aliphatic rings. The molecule has 2 aromatic carbocycles. The van der Waals surface area contributed by atoms with E-state index in [4.69, 9.17) is 27.6 Å². The Labute approximate surface area is 187 Å². The molecular weight excluding hydrogens is 464 g/mol. The van der Waals surface area contributed by atoms with Gasteiger partial charge in [0.15, 0.2) is 0 Å². The molecule has 1 aliphatic carbocycles. The molecule has 2 atom stereocenters. The molecule has 2 aromatic heterocycles. The number of nitrogens with zero attached hydrogens (tertiary/aromatic N) is 2. The maximum absolute atomic E-state index is 16.9. The average Bonchev–Trinajstić information content (AvgIpc) is 3.42. The second kappa shape index (κ2) is 7.05. The van der Waals surface area contributed by atoms with E-state index < -0.39 is 26.6 Å². The van der Waals surface area contributed by atoms with Crippen molar-refractivity contribution < 1.29 is 17.2 Å². The van der Waals surface area contributed by atoms with Gasteiger partial charge in [-0.2, -0.15) is 0 Å². The van der Waals surface area contributed by atoms with Crippen LogP contribution in [0.1, 0.15) is 23.0 Å². The first-order chi connectivity index (χ1) is 14.7. The molecule has 2 heterocycles. The molecule has 0 aliphatic heterocycles. The van der Waals surface area contributed by atoms with Gasteiger partial charge in [-0.05, 0) is 54.8 Å². The van der Waals surface area contributed by atoms with Crippen LogP contribution in [0.15, 0.2) is 51.8 Å². The highest BCUT2D eigenvalue weighted by molar-refractivity contribution is 7.92. The molecule has 0 spiro atoms. The Morgan fingerprint density at radius 3 is 2.61 bits per heavy atom. The molecule has 4 aromatic rings. The number of aromatic nitrogens is 3. The molecule has 0 amide bonds. The van der Waals surface area contributed by atoms with Crippen molar-refractivity contribution >= 4 is 43.9 Å². The topological polar surface area (TPSA) is 88.9 Å². The first kappa shape index (κ1) is 20.5. The van der Waals surface area contributed by atoms with Crippen molar-refractivity contribution in [1.29, 1.82) is 0 Å². The van der Waals surface area contributed by atoms with Crippen LogP contribution in [0, 0.1) is 12.8 Å². The number of benzene rings is 2. The van der Waals surface area contributed by atoms with Crippen LogP contribution >= 0.6 is 23.2 Å². The molecule has 6 nitrogen and oxygen atoms in total. The van der Waals surface area contributed by atoms with Gasteiger partial charge in [0.2, 0.25) is 15.7 Å². The Kier molecular flexibility index (Phi) is 4.66. The summed E-state index contributed by atoms with van der Waals surface area (Å²) in [7, 11) is -4.59. The van der Waals surface area contributed by atoms with E-state index >= 15 is 4.39 Å². The number of hydrogen-bond donors (Lipinski definition) is 1. The zero-order valence-corrected chi connectivity index (χ0v) is 18.5. The number of alkyl halides is 1. The molecule has 0 saturated heterocycles. The Hall–Kier alpha value is -2.42. The van der Waals surface area contributed by atoms with Gasteiger partial charge in [-0.3, -0.25) is 0 Å². The van der Waals surface area contributed by atoms with Gasteiger partial charge in [0.1, 0.15) is 0 Å². The van der Waals surface area contributed by atoms with E-state index in [1.807, 2.05) is 6.07 Å². The third kappa shape index (κ3) is 3.08. The van der Waals surface area contributed by atoms with Crippen molar-refractivity contribution in [1.82, 2.24) is 15.2 Å². The van der Waals surface area contributed by atoms with Crippen LogP contribution in [0.3, 0.4) is 0 Å². The predicted octanol–water partition coefficient (Wildman–Crippen LogP) is 5.18. The Bertz CT molecular complexity index is 1430. The van der Waals surface area contributed by atoms with Gasteiger partial charge in [-0.1, -0.05) is 29.3 Å². The monoisotopic (exact) mass is 479 g/mol. The Morgan fingerprint density at radius 1 is 1.13 bits per heavy atom. The van der Waals surface area contributed by atoms with Gasteiger partial charge in [0.05, 0.1) is 4.90 Å². The number of aromatic amines is 1. The highest BCUT2D eigenvalue weighted by Gasteiger charge is 2.59. The highest BCUT2D eigenvalue weighted by Crippen LogP contribution is 2.49. The van der Waals surface area contributed by atoms with E-state index in [2.05, 4.69) is 15.2 Å². The van der Waals surface area contributed by atoms with Crippen molar-refractivity contribution in [3.63, 3.8) is 0 Å². The maximum atomic E-state index is 16.9. The van der Waals surface area contributed by atoms with Crippen LogP contribution < -0.4 is 0 Å². The van der Waals surface area contributed by atoms with E-state index in [0.29, 0.717) is 5.02 Å². The summed E-state index contributed by atoms with van der Waals surface area (Å²) in [5, 5.41) is 6.07. The fourth-order valence-corrected chi connectivity index (χ4v) is 6.49. The lowest BCUT2D eigenvalue weighted by molar-refractivity contribution is 0.137. The van der Waals surface area contributed by atoms with E-state index in [1.165, 1.54) is 31.2 Å². The average molecular weight is 480 g/mol. The molecule has 0 bridgehead atoms. The van der Waals surface area contributed by atoms with E-state index in [-0.39, 0.29) is 28.7 Å². The minimum atomic E-state index is -4.59. The standard InChI is InChI=1S/C21H16Cl2FN3O3S/c1-11-26-27-20(30-11)21(24,31(28,29)15-4-2-3-13(22)9-15)12-7-16-17-10-14(23)5-6-18(17)25-19(16)8-12/h2-6,9-10,12,25H,7-8H2,1H3. The van der Waals surface area contributed by atoms with Crippen molar-refractivity contribution in [2.24, 2.45) is 5.92 Å². The number of aryl methyl sites for hydroxylation is 1. The third-order valence-corrected chi connectivity index (χ3v) is 8.33. The van der Waals surface area contributed by atoms with Crippen molar-refractivity contribution in [3.8, 4) is 0 Å². The van der Waals surface area contributed by atoms with Gasteiger partial charge >= 0.3 is 0 Å². The first-order valence-corrected chi connectivity index (χ1v) is 11.7. The first-order valence-electron chi connectivity index (χ1n) is 9.49. The molecule has 10 heteroatoms. The second-order valence-corrected chi connectivity index (χ2v) is 10.6. The normalized spacial score (nSPS) is 18.3. The van der Waals surface area contributed by atoms with Crippen LogP contribution in [0.2, 0.25) is 10.0 Å². The minimum absolute atomic E-state index is 0.0760. The molecule has 0 fully saturated rings. The summed E-state index contributed by atoms with van der Waals surface area (Å²) in [6.45, 7) is 1.48.